The average molecular weight is 323 g/mol. The van der Waals surface area contributed by atoms with Gasteiger partial charge in [0.25, 0.3) is 0 Å². The molecule has 0 atom stereocenters. The number of ether oxygens (including phenoxy) is 1. The van der Waals surface area contributed by atoms with E-state index < -0.39 is 0 Å². The van der Waals surface area contributed by atoms with Crippen LogP contribution in [0.1, 0.15) is 24.6 Å². The Morgan fingerprint density at radius 1 is 1.29 bits per heavy atom. The minimum atomic E-state index is 0.387. The van der Waals surface area contributed by atoms with Gasteiger partial charge >= 0.3 is 0 Å². The molecule has 1 aliphatic rings. The second-order valence-corrected chi connectivity index (χ2v) is 6.19. The van der Waals surface area contributed by atoms with Crippen LogP contribution in [0.2, 0.25) is 0 Å². The molecule has 2 aromatic heterocycles. The number of aryl methyl sites for hydroxylation is 1. The van der Waals surface area contributed by atoms with E-state index in [1.807, 2.05) is 37.4 Å². The molecule has 1 N–H and O–H groups in total. The van der Waals surface area contributed by atoms with Crippen molar-refractivity contribution in [2.24, 2.45) is 5.18 Å². The van der Waals surface area contributed by atoms with E-state index >= 15 is 0 Å². The lowest BCUT2D eigenvalue weighted by atomic mass is 10.0. The molecule has 0 spiro atoms. The van der Waals surface area contributed by atoms with E-state index in [1.165, 1.54) is 0 Å². The molecule has 122 valence electrons. The molecule has 1 aliphatic heterocycles. The van der Waals surface area contributed by atoms with Crippen molar-refractivity contribution in [3.05, 3.63) is 47.3 Å². The van der Waals surface area contributed by atoms with Gasteiger partial charge in [-0.2, -0.15) is 5.10 Å². The Balaban J connectivity index is 1.88. The highest BCUT2D eigenvalue weighted by atomic mass is 16.5. The number of rotatable bonds is 3. The van der Waals surface area contributed by atoms with Crippen molar-refractivity contribution < 1.29 is 9.42 Å². The van der Waals surface area contributed by atoms with Gasteiger partial charge in [-0.3, -0.25) is 4.98 Å². The number of H-pyrrole nitrogens is 1. The highest BCUT2D eigenvalue weighted by molar-refractivity contribution is 5.89. The molecule has 1 fully saturated rings. The number of nitroso groups, excluding NO2 is 1. The molecule has 0 amide bonds. The number of hydrogen-bond donors (Lipinski definition) is 1. The van der Waals surface area contributed by atoms with Gasteiger partial charge in [-0.1, -0.05) is 0 Å². The molecule has 0 unspecified atom stereocenters. The zero-order valence-corrected chi connectivity index (χ0v) is 13.5. The number of nitrogens with one attached hydrogen (secondary N) is 1. The Morgan fingerprint density at radius 3 is 2.88 bits per heavy atom. The Morgan fingerprint density at radius 2 is 2.12 bits per heavy atom. The van der Waals surface area contributed by atoms with Crippen LogP contribution in [-0.4, -0.2) is 23.3 Å². The van der Waals surface area contributed by atoms with E-state index in [0.717, 1.165) is 53.8 Å². The van der Waals surface area contributed by atoms with Crippen molar-refractivity contribution in [3.63, 3.8) is 0 Å². The summed E-state index contributed by atoms with van der Waals surface area (Å²) in [5.41, 5.74) is 4.24. The molecule has 0 aliphatic carbocycles. The van der Waals surface area contributed by atoms with Crippen molar-refractivity contribution in [2.75, 3.05) is 13.2 Å². The Hall–Kier alpha value is -2.60. The molecule has 3 aromatic rings. The van der Waals surface area contributed by atoms with E-state index in [4.69, 9.17) is 4.74 Å². The number of aromatic amines is 1. The molecule has 1 aromatic carbocycles. The van der Waals surface area contributed by atoms with Crippen LogP contribution in [-0.2, 0) is 4.74 Å². The molecular weight excluding hydrogens is 304 g/mol. The normalized spacial score (nSPS) is 15.7. The van der Waals surface area contributed by atoms with Crippen LogP contribution in [0.25, 0.3) is 22.0 Å². The first-order valence-electron chi connectivity index (χ1n) is 8.17. The molecule has 0 bridgehead atoms. The summed E-state index contributed by atoms with van der Waals surface area (Å²) in [5.74, 6) is 0. The van der Waals surface area contributed by atoms with Gasteiger partial charge < -0.3 is 4.74 Å². The van der Waals surface area contributed by atoms with E-state index in [2.05, 4.69) is 19.9 Å². The summed E-state index contributed by atoms with van der Waals surface area (Å²) < 4.78 is 7.65. The lowest BCUT2D eigenvalue weighted by molar-refractivity contribution is -0.754. The summed E-state index contributed by atoms with van der Waals surface area (Å²) in [7, 11) is 0. The van der Waals surface area contributed by atoms with E-state index in [9.17, 15) is 4.91 Å². The predicted octanol–water partition coefficient (Wildman–Crippen LogP) is 3.58. The highest BCUT2D eigenvalue weighted by Gasteiger charge is 2.27. The molecule has 6 nitrogen and oxygen atoms in total. The van der Waals surface area contributed by atoms with Gasteiger partial charge in [0.2, 0.25) is 5.52 Å². The second-order valence-electron chi connectivity index (χ2n) is 6.19. The molecule has 6 heteroatoms. The van der Waals surface area contributed by atoms with Crippen molar-refractivity contribution in [1.82, 2.24) is 10.1 Å². The molecule has 24 heavy (non-hydrogen) atoms. The quantitative estimate of drug-likeness (QED) is 0.591. The third kappa shape index (κ3) is 2.59. The molecule has 0 radical (unpaired) electrons. The van der Waals surface area contributed by atoms with Gasteiger partial charge in [0.05, 0.1) is 24.8 Å². The first-order valence-corrected chi connectivity index (χ1v) is 8.17. The van der Waals surface area contributed by atoms with Crippen LogP contribution in [0.5, 0.6) is 0 Å². The lowest BCUT2D eigenvalue weighted by Gasteiger charge is -2.16. The molecule has 4 rings (SSSR count). The van der Waals surface area contributed by atoms with Gasteiger partial charge in [-0.25, -0.2) is 0 Å². The molecular formula is C18H19N4O2+. The molecule has 3 heterocycles. The number of pyridine rings is 1. The van der Waals surface area contributed by atoms with Crippen LogP contribution in [0, 0.1) is 11.8 Å². The smallest absolute Gasteiger partial charge is 0.239 e. The summed E-state index contributed by atoms with van der Waals surface area (Å²) in [6.45, 7) is 3.50. The van der Waals surface area contributed by atoms with Gasteiger partial charge in [0.1, 0.15) is 5.69 Å². The van der Waals surface area contributed by atoms with E-state index in [1.54, 1.807) is 6.20 Å². The third-order valence-corrected chi connectivity index (χ3v) is 4.63. The maximum absolute atomic E-state index is 11.3. The fourth-order valence-corrected chi connectivity index (χ4v) is 3.39. The maximum Gasteiger partial charge on any atom is 0.239 e. The first kappa shape index (κ1) is 15.0. The Kier molecular flexibility index (Phi) is 3.82. The van der Waals surface area contributed by atoms with Crippen molar-refractivity contribution in [2.45, 2.75) is 25.8 Å². The van der Waals surface area contributed by atoms with Crippen LogP contribution in [0.3, 0.4) is 0 Å². The highest BCUT2D eigenvalue weighted by Crippen LogP contribution is 2.34. The Labute approximate surface area is 139 Å². The minimum Gasteiger partial charge on any atom is -0.381 e. The van der Waals surface area contributed by atoms with Crippen molar-refractivity contribution in [3.8, 4) is 11.1 Å². The first-order chi connectivity index (χ1) is 11.8. The number of nitrogens with zero attached hydrogens (tertiary/aromatic N) is 3. The summed E-state index contributed by atoms with van der Waals surface area (Å²) >= 11 is 0. The fraction of sp³-hybridized carbons (Fsp3) is 0.333. The van der Waals surface area contributed by atoms with Gasteiger partial charge in [0.15, 0.2) is 6.04 Å². The largest absolute Gasteiger partial charge is 0.381 e. The van der Waals surface area contributed by atoms with Crippen molar-refractivity contribution >= 4 is 16.6 Å². The monoisotopic (exact) mass is 323 g/mol. The zero-order valence-electron chi connectivity index (χ0n) is 13.5. The lowest BCUT2D eigenvalue weighted by Crippen LogP contribution is -2.44. The zero-order chi connectivity index (χ0) is 16.5. The van der Waals surface area contributed by atoms with Gasteiger partial charge in [0, 0.05) is 36.4 Å². The molecule has 1 saturated heterocycles. The van der Waals surface area contributed by atoms with Crippen LogP contribution in [0.15, 0.2) is 41.8 Å². The topological polar surface area (TPSA) is 71.2 Å². The number of hydrogen-bond acceptors (Lipinski definition) is 4. The molecule has 0 saturated carbocycles. The van der Waals surface area contributed by atoms with Gasteiger partial charge in [-0.05, 0) is 35.9 Å². The van der Waals surface area contributed by atoms with Crippen LogP contribution in [0.4, 0.5) is 5.69 Å². The van der Waals surface area contributed by atoms with Crippen LogP contribution >= 0.6 is 0 Å². The van der Waals surface area contributed by atoms with E-state index in [0.29, 0.717) is 11.7 Å². The SMILES string of the molecule is Cc1cc(-c2cc3c(c[nH][n+]3C3CCOCC3)cc2N=O)ccn1. The summed E-state index contributed by atoms with van der Waals surface area (Å²) in [6.07, 6.45) is 5.66. The van der Waals surface area contributed by atoms with E-state index in [-0.39, 0.29) is 0 Å². The average Bonchev–Trinajstić information content (AvgIpc) is 3.04. The predicted molar refractivity (Wildman–Crippen MR) is 91.0 cm³/mol. The van der Waals surface area contributed by atoms with Crippen molar-refractivity contribution in [1.29, 1.82) is 0 Å². The second kappa shape index (κ2) is 6.13. The number of aromatic nitrogens is 3. The minimum absolute atomic E-state index is 0.387. The summed E-state index contributed by atoms with van der Waals surface area (Å²) in [4.78, 5) is 15.6. The van der Waals surface area contributed by atoms with Gasteiger partial charge in [-0.15, -0.1) is 9.59 Å². The summed E-state index contributed by atoms with van der Waals surface area (Å²) in [6, 6.07) is 8.17. The number of fused-ring (bicyclic) bond motifs is 1. The maximum atomic E-state index is 11.3. The van der Waals surface area contributed by atoms with Crippen LogP contribution < -0.4 is 4.68 Å². The fourth-order valence-electron chi connectivity index (χ4n) is 3.39. The Bertz CT molecular complexity index is 897. The summed E-state index contributed by atoms with van der Waals surface area (Å²) in [5, 5.41) is 7.56. The third-order valence-electron chi connectivity index (χ3n) is 4.63. The number of benzene rings is 1. The standard InChI is InChI=1S/C18H18N4O2/c1-12-8-13(2-5-19-12)16-10-18-14(9-17(16)21-23)11-20-22(18)15-3-6-24-7-4-15/h2,5,8-11,15H,3-4,6-7H2,1H3/p+1.